The number of nitrogens with zero attached hydrogens (tertiary/aromatic N) is 2. The Hall–Kier alpha value is -2.06. The van der Waals surface area contributed by atoms with E-state index >= 15 is 0 Å². The minimum absolute atomic E-state index is 0.00762. The topological polar surface area (TPSA) is 76.3 Å². The van der Waals surface area contributed by atoms with Crippen LogP contribution in [0.2, 0.25) is 10.0 Å². The Morgan fingerprint density at radius 2 is 1.82 bits per heavy atom. The van der Waals surface area contributed by atoms with Crippen LogP contribution in [0, 0.1) is 10.1 Å². The van der Waals surface area contributed by atoms with Crippen molar-refractivity contribution in [3.05, 3.63) is 50.1 Å². The summed E-state index contributed by atoms with van der Waals surface area (Å²) >= 11 is 11.4. The fraction of sp³-hybridized carbons (Fsp3) is 0.0833. The average Bonchev–Trinajstić information content (AvgIpc) is 2.40. The lowest BCUT2D eigenvalue weighted by atomic mass is 10.1. The van der Waals surface area contributed by atoms with Crippen LogP contribution in [0.5, 0.6) is 5.75 Å². The number of hydrogen-bond acceptors (Lipinski definition) is 4. The zero-order valence-electron chi connectivity index (χ0n) is 10.4. The summed E-state index contributed by atoms with van der Waals surface area (Å²) in [6, 6.07) is 2.69. The molecule has 1 aromatic heterocycles. The predicted molar refractivity (Wildman–Crippen MR) is 73.0 cm³/mol. The van der Waals surface area contributed by atoms with E-state index in [0.717, 1.165) is 12.1 Å². The van der Waals surface area contributed by atoms with E-state index in [2.05, 4.69) is 4.98 Å². The average molecular weight is 353 g/mol. The molecule has 5 nitrogen and oxygen atoms in total. The van der Waals surface area contributed by atoms with Crippen molar-refractivity contribution in [3.63, 3.8) is 0 Å². The van der Waals surface area contributed by atoms with E-state index in [0.29, 0.717) is 12.3 Å². The number of benzene rings is 1. The molecule has 0 saturated heterocycles. The number of aromatic nitrogens is 1. The Morgan fingerprint density at radius 3 is 2.32 bits per heavy atom. The Balaban J connectivity index is 2.60. The van der Waals surface area contributed by atoms with Crippen molar-refractivity contribution in [2.75, 3.05) is 0 Å². The molecule has 0 bridgehead atoms. The van der Waals surface area contributed by atoms with Gasteiger partial charge in [-0.25, -0.2) is 0 Å². The van der Waals surface area contributed by atoms with Gasteiger partial charge in [0.25, 0.3) is 0 Å². The van der Waals surface area contributed by atoms with Gasteiger partial charge in [-0.2, -0.15) is 13.2 Å². The summed E-state index contributed by atoms with van der Waals surface area (Å²) in [7, 11) is 0. The van der Waals surface area contributed by atoms with Crippen LogP contribution >= 0.6 is 23.2 Å². The molecule has 0 unspecified atom stereocenters. The Morgan fingerprint density at radius 1 is 1.18 bits per heavy atom. The molecule has 22 heavy (non-hydrogen) atoms. The Bertz CT molecular complexity index is 766. The molecule has 0 spiro atoms. The van der Waals surface area contributed by atoms with Crippen molar-refractivity contribution >= 4 is 28.9 Å². The van der Waals surface area contributed by atoms with Crippen molar-refractivity contribution < 1.29 is 23.2 Å². The molecule has 10 heteroatoms. The second-order valence-electron chi connectivity index (χ2n) is 4.14. The van der Waals surface area contributed by atoms with Crippen LogP contribution in [0.3, 0.4) is 0 Å². The third-order valence-electron chi connectivity index (χ3n) is 2.68. The van der Waals surface area contributed by atoms with Gasteiger partial charge in [-0.05, 0) is 12.1 Å². The molecule has 2 rings (SSSR count). The van der Waals surface area contributed by atoms with Gasteiger partial charge in [0.15, 0.2) is 0 Å². The maximum Gasteiger partial charge on any atom is 0.417 e. The first-order valence-electron chi connectivity index (χ1n) is 5.51. The summed E-state index contributed by atoms with van der Waals surface area (Å²) in [5, 5.41) is 19.6. The lowest BCUT2D eigenvalue weighted by molar-refractivity contribution is -0.385. The minimum atomic E-state index is -4.62. The van der Waals surface area contributed by atoms with Crippen LogP contribution < -0.4 is 0 Å². The molecule has 116 valence electrons. The molecule has 2 aromatic rings. The molecule has 1 N–H and O–H groups in total. The second kappa shape index (κ2) is 5.62. The molecule has 0 aliphatic rings. The van der Waals surface area contributed by atoms with Crippen LogP contribution in [-0.2, 0) is 6.18 Å². The highest BCUT2D eigenvalue weighted by Crippen LogP contribution is 2.40. The van der Waals surface area contributed by atoms with E-state index < -0.39 is 28.1 Å². The predicted octanol–water partition coefficient (Wildman–Crippen LogP) is 4.69. The number of aromatic hydroxyl groups is 1. The summed E-state index contributed by atoms with van der Waals surface area (Å²) in [5.74, 6) is -0.751. The fourth-order valence-electron chi connectivity index (χ4n) is 1.67. The highest BCUT2D eigenvalue weighted by atomic mass is 35.5. The maximum atomic E-state index is 12.5. The van der Waals surface area contributed by atoms with Crippen molar-refractivity contribution in [2.24, 2.45) is 0 Å². The number of nitro groups is 1. The molecule has 0 radical (unpaired) electrons. The lowest BCUT2D eigenvalue weighted by Crippen LogP contribution is -2.05. The molecule has 1 aromatic carbocycles. The SMILES string of the molecule is O=[N+]([O-])c1cc(-c2ncc(C(F)(F)F)cc2Cl)cc(Cl)c1O. The first kappa shape index (κ1) is 16.3. The van der Waals surface area contributed by atoms with Gasteiger partial charge < -0.3 is 5.11 Å². The quantitative estimate of drug-likeness (QED) is 0.628. The molecular weight excluding hydrogens is 348 g/mol. The Labute approximate surface area is 131 Å². The number of hydrogen-bond donors (Lipinski definition) is 1. The number of pyridine rings is 1. The number of alkyl halides is 3. The standard InChI is InChI=1S/C12H5Cl2F3N2O3/c13-7-3-6(12(15,16)17)4-18-10(7)5-1-8(14)11(20)9(2-5)19(21)22/h1-4,20H. The lowest BCUT2D eigenvalue weighted by Gasteiger charge is -2.10. The van der Waals surface area contributed by atoms with Crippen LogP contribution in [0.25, 0.3) is 11.3 Å². The molecule has 0 aliphatic carbocycles. The molecule has 0 atom stereocenters. The van der Waals surface area contributed by atoms with Gasteiger partial charge in [0.2, 0.25) is 5.75 Å². The summed E-state index contributed by atoms with van der Waals surface area (Å²) in [6.45, 7) is 0. The zero-order valence-corrected chi connectivity index (χ0v) is 11.9. The molecule has 0 saturated carbocycles. The minimum Gasteiger partial charge on any atom is -0.501 e. The monoisotopic (exact) mass is 352 g/mol. The summed E-state index contributed by atoms with van der Waals surface area (Å²) in [5.41, 5.74) is -1.88. The van der Waals surface area contributed by atoms with Crippen molar-refractivity contribution in [2.45, 2.75) is 6.18 Å². The highest BCUT2D eigenvalue weighted by molar-refractivity contribution is 6.34. The Kier molecular flexibility index (Phi) is 4.17. The molecule has 0 fully saturated rings. The second-order valence-corrected chi connectivity index (χ2v) is 4.95. The number of halogens is 5. The van der Waals surface area contributed by atoms with Gasteiger partial charge in [0.1, 0.15) is 0 Å². The van der Waals surface area contributed by atoms with Gasteiger partial charge in [-0.1, -0.05) is 23.2 Å². The zero-order chi connectivity index (χ0) is 16.7. The molecule has 1 heterocycles. The third kappa shape index (κ3) is 3.07. The molecule has 0 amide bonds. The van der Waals surface area contributed by atoms with Gasteiger partial charge in [-0.15, -0.1) is 0 Å². The van der Waals surface area contributed by atoms with E-state index in [1.807, 2.05) is 0 Å². The van der Waals surface area contributed by atoms with Gasteiger partial charge in [0, 0.05) is 17.8 Å². The van der Waals surface area contributed by atoms with E-state index in [1.54, 1.807) is 0 Å². The summed E-state index contributed by atoms with van der Waals surface area (Å²) in [6.07, 6.45) is -4.07. The number of phenolic OH excluding ortho intramolecular Hbond substituents is 1. The van der Waals surface area contributed by atoms with Crippen molar-refractivity contribution in [1.29, 1.82) is 0 Å². The first-order valence-corrected chi connectivity index (χ1v) is 6.27. The largest absolute Gasteiger partial charge is 0.501 e. The normalized spacial score (nSPS) is 11.5. The van der Waals surface area contributed by atoms with Crippen LogP contribution in [0.15, 0.2) is 24.4 Å². The van der Waals surface area contributed by atoms with Gasteiger partial charge >= 0.3 is 11.9 Å². The van der Waals surface area contributed by atoms with Gasteiger partial charge in [-0.3, -0.25) is 15.1 Å². The first-order chi connectivity index (χ1) is 10.1. The number of phenols is 1. The molecule has 0 aliphatic heterocycles. The number of nitro benzene ring substituents is 1. The van der Waals surface area contributed by atoms with Crippen LogP contribution in [-0.4, -0.2) is 15.0 Å². The fourth-order valence-corrected chi connectivity index (χ4v) is 2.16. The van der Waals surface area contributed by atoms with Crippen molar-refractivity contribution in [3.8, 4) is 17.0 Å². The summed E-state index contributed by atoms with van der Waals surface area (Å²) in [4.78, 5) is 13.5. The molecular formula is C12H5Cl2F3N2O3. The van der Waals surface area contributed by atoms with E-state index in [4.69, 9.17) is 23.2 Å². The highest BCUT2D eigenvalue weighted by Gasteiger charge is 2.32. The van der Waals surface area contributed by atoms with Crippen molar-refractivity contribution in [1.82, 2.24) is 4.98 Å². The smallest absolute Gasteiger partial charge is 0.417 e. The van der Waals surface area contributed by atoms with E-state index in [-0.39, 0.29) is 21.3 Å². The van der Waals surface area contributed by atoms with Crippen LogP contribution in [0.4, 0.5) is 18.9 Å². The van der Waals surface area contributed by atoms with E-state index in [1.165, 1.54) is 0 Å². The maximum absolute atomic E-state index is 12.5. The summed E-state index contributed by atoms with van der Waals surface area (Å²) < 4.78 is 37.6. The van der Waals surface area contributed by atoms with Crippen LogP contribution in [0.1, 0.15) is 5.56 Å². The van der Waals surface area contributed by atoms with Gasteiger partial charge in [0.05, 0.1) is 26.2 Å². The number of rotatable bonds is 2. The third-order valence-corrected chi connectivity index (χ3v) is 3.26. The van der Waals surface area contributed by atoms with E-state index in [9.17, 15) is 28.4 Å².